The molecule has 0 aliphatic carbocycles. The summed E-state index contributed by atoms with van der Waals surface area (Å²) in [5, 5.41) is 8.76. The van der Waals surface area contributed by atoms with Crippen LogP contribution in [0.1, 0.15) is 4.88 Å². The van der Waals surface area contributed by atoms with E-state index in [4.69, 9.17) is 10.00 Å². The normalized spacial score (nSPS) is 20.3. The lowest BCUT2D eigenvalue weighted by atomic mass is 10.3. The topological polar surface area (TPSA) is 96.7 Å². The van der Waals surface area contributed by atoms with E-state index in [0.717, 1.165) is 15.6 Å². The minimum Gasteiger partial charge on any atom is -0.468 e. The Morgan fingerprint density at radius 3 is 2.95 bits per heavy atom. The van der Waals surface area contributed by atoms with Gasteiger partial charge >= 0.3 is 5.97 Å². The number of hydrogen-bond donors (Lipinski definition) is 0. The van der Waals surface area contributed by atoms with Crippen molar-refractivity contribution in [2.75, 3.05) is 26.9 Å². The van der Waals surface area contributed by atoms with Crippen LogP contribution in [0.5, 0.6) is 0 Å². The average molecular weight is 316 g/mol. The molecule has 1 aromatic heterocycles. The first-order chi connectivity index (χ1) is 9.50. The number of thiophene rings is 1. The number of carbonyl (C=O) groups is 1. The highest BCUT2D eigenvalue weighted by Crippen LogP contribution is 2.27. The molecule has 108 valence electrons. The van der Waals surface area contributed by atoms with Crippen LogP contribution in [0.2, 0.25) is 0 Å². The van der Waals surface area contributed by atoms with Crippen LogP contribution in [0.4, 0.5) is 0 Å². The molecular weight excluding hydrogens is 304 g/mol. The highest BCUT2D eigenvalue weighted by atomic mass is 32.2. The zero-order chi connectivity index (χ0) is 14.8. The Bertz CT molecular complexity index is 646. The molecular formula is C11H12N2O5S2. The lowest BCUT2D eigenvalue weighted by Crippen LogP contribution is -2.52. The summed E-state index contributed by atoms with van der Waals surface area (Å²) < 4.78 is 35.9. The first-order valence-corrected chi connectivity index (χ1v) is 7.93. The fourth-order valence-electron chi connectivity index (χ4n) is 1.83. The first-order valence-electron chi connectivity index (χ1n) is 5.68. The molecule has 0 radical (unpaired) electrons. The molecule has 1 fully saturated rings. The Kier molecular flexibility index (Phi) is 4.39. The highest BCUT2D eigenvalue weighted by Gasteiger charge is 2.39. The number of carbonyl (C=O) groups excluding carboxylic acids is 1. The predicted octanol–water partition coefficient (Wildman–Crippen LogP) is 0.182. The molecule has 0 N–H and O–H groups in total. The van der Waals surface area contributed by atoms with E-state index in [1.807, 2.05) is 6.07 Å². The summed E-state index contributed by atoms with van der Waals surface area (Å²) in [6.45, 7) is 0.244. The number of ether oxygens (including phenoxy) is 2. The first kappa shape index (κ1) is 14.9. The number of rotatable bonds is 3. The van der Waals surface area contributed by atoms with Crippen LogP contribution < -0.4 is 0 Å². The fourth-order valence-corrected chi connectivity index (χ4v) is 4.61. The largest absolute Gasteiger partial charge is 0.468 e. The average Bonchev–Trinajstić information content (AvgIpc) is 2.96. The summed E-state index contributed by atoms with van der Waals surface area (Å²) in [7, 11) is -2.64. The monoisotopic (exact) mass is 316 g/mol. The number of esters is 1. The van der Waals surface area contributed by atoms with Crippen molar-refractivity contribution < 1.29 is 22.7 Å². The third-order valence-corrected chi connectivity index (χ3v) is 6.17. The molecule has 0 saturated carbocycles. The van der Waals surface area contributed by atoms with Gasteiger partial charge in [-0.3, -0.25) is 4.79 Å². The Labute approximate surface area is 120 Å². The number of nitrogens with zero attached hydrogens (tertiary/aromatic N) is 2. The number of nitriles is 1. The van der Waals surface area contributed by atoms with Crippen molar-refractivity contribution in [2.24, 2.45) is 0 Å². The van der Waals surface area contributed by atoms with Crippen molar-refractivity contribution in [3.8, 4) is 6.07 Å². The van der Waals surface area contributed by atoms with E-state index in [9.17, 15) is 13.2 Å². The summed E-state index contributed by atoms with van der Waals surface area (Å²) >= 11 is 0.871. The van der Waals surface area contributed by atoms with Gasteiger partial charge < -0.3 is 9.47 Å². The van der Waals surface area contributed by atoms with Crippen LogP contribution in [0.15, 0.2) is 16.3 Å². The molecule has 0 spiro atoms. The van der Waals surface area contributed by atoms with E-state index in [2.05, 4.69) is 4.74 Å². The van der Waals surface area contributed by atoms with E-state index < -0.39 is 22.0 Å². The van der Waals surface area contributed by atoms with Gasteiger partial charge in [-0.15, -0.1) is 11.3 Å². The Hall–Kier alpha value is -1.47. The molecule has 1 aliphatic heterocycles. The van der Waals surface area contributed by atoms with Crippen molar-refractivity contribution in [3.05, 3.63) is 17.0 Å². The van der Waals surface area contributed by atoms with E-state index in [0.29, 0.717) is 4.88 Å². The molecule has 0 aromatic carbocycles. The molecule has 1 unspecified atom stereocenters. The summed E-state index contributed by atoms with van der Waals surface area (Å²) in [6.07, 6.45) is 0. The quantitative estimate of drug-likeness (QED) is 0.738. The van der Waals surface area contributed by atoms with Crippen molar-refractivity contribution in [1.82, 2.24) is 4.31 Å². The molecule has 0 amide bonds. The van der Waals surface area contributed by atoms with Gasteiger partial charge in [0.15, 0.2) is 0 Å². The van der Waals surface area contributed by atoms with Gasteiger partial charge in [0.25, 0.3) is 10.0 Å². The van der Waals surface area contributed by atoms with E-state index in [-0.39, 0.29) is 24.0 Å². The summed E-state index contributed by atoms with van der Waals surface area (Å²) in [6, 6.07) is 3.69. The second-order valence-electron chi connectivity index (χ2n) is 3.96. The van der Waals surface area contributed by atoms with Gasteiger partial charge in [-0.05, 0) is 12.1 Å². The van der Waals surface area contributed by atoms with Gasteiger partial charge in [0.2, 0.25) is 0 Å². The minimum atomic E-state index is -3.84. The number of hydrogen-bond acceptors (Lipinski definition) is 7. The minimum absolute atomic E-state index is 0.0323. The van der Waals surface area contributed by atoms with E-state index >= 15 is 0 Å². The zero-order valence-corrected chi connectivity index (χ0v) is 12.2. The Morgan fingerprint density at radius 2 is 2.35 bits per heavy atom. The van der Waals surface area contributed by atoms with E-state index in [1.54, 1.807) is 0 Å². The Morgan fingerprint density at radius 1 is 1.60 bits per heavy atom. The number of morpholine rings is 1. The smallest absolute Gasteiger partial charge is 0.326 e. The molecule has 20 heavy (non-hydrogen) atoms. The molecule has 1 atom stereocenters. The van der Waals surface area contributed by atoms with Crippen molar-refractivity contribution >= 4 is 27.3 Å². The van der Waals surface area contributed by atoms with Crippen molar-refractivity contribution in [2.45, 2.75) is 10.3 Å². The van der Waals surface area contributed by atoms with Crippen LogP contribution in [0, 0.1) is 11.3 Å². The predicted molar refractivity (Wildman–Crippen MR) is 69.5 cm³/mol. The summed E-state index contributed by atoms with van der Waals surface area (Å²) in [5.74, 6) is -0.662. The maximum Gasteiger partial charge on any atom is 0.326 e. The second kappa shape index (κ2) is 5.88. The van der Waals surface area contributed by atoms with Gasteiger partial charge in [-0.1, -0.05) is 0 Å². The summed E-state index contributed by atoms with van der Waals surface area (Å²) in [4.78, 5) is 12.0. The fraction of sp³-hybridized carbons (Fsp3) is 0.455. The number of methoxy groups -OCH3 is 1. The van der Waals surface area contributed by atoms with Gasteiger partial charge in [-0.2, -0.15) is 9.57 Å². The van der Waals surface area contributed by atoms with Crippen LogP contribution in [0.25, 0.3) is 0 Å². The third kappa shape index (κ3) is 2.69. The molecule has 9 heteroatoms. The molecule has 1 saturated heterocycles. The van der Waals surface area contributed by atoms with Gasteiger partial charge in [0.1, 0.15) is 21.2 Å². The van der Waals surface area contributed by atoms with Crippen LogP contribution >= 0.6 is 11.3 Å². The van der Waals surface area contributed by atoms with Crippen molar-refractivity contribution in [3.63, 3.8) is 0 Å². The van der Waals surface area contributed by atoms with E-state index in [1.165, 1.54) is 19.2 Å². The molecule has 1 aliphatic rings. The molecule has 7 nitrogen and oxygen atoms in total. The van der Waals surface area contributed by atoms with Crippen molar-refractivity contribution in [1.29, 1.82) is 5.26 Å². The second-order valence-corrected chi connectivity index (χ2v) is 7.16. The maximum absolute atomic E-state index is 12.5. The Balaban J connectivity index is 2.35. The lowest BCUT2D eigenvalue weighted by Gasteiger charge is -2.32. The highest BCUT2D eigenvalue weighted by molar-refractivity contribution is 7.91. The van der Waals surface area contributed by atoms with Crippen LogP contribution in [-0.4, -0.2) is 51.6 Å². The SMILES string of the molecule is COC(=O)C1COCCN1S(=O)(=O)c1ccc(C#N)s1. The van der Waals surface area contributed by atoms with Gasteiger partial charge in [0.05, 0.1) is 20.3 Å². The molecule has 0 bridgehead atoms. The third-order valence-electron chi connectivity index (χ3n) is 2.81. The number of sulfonamides is 1. The summed E-state index contributed by atoms with van der Waals surface area (Å²) in [5.41, 5.74) is 0. The van der Waals surface area contributed by atoms with Crippen LogP contribution in [0.3, 0.4) is 0 Å². The van der Waals surface area contributed by atoms with Gasteiger partial charge in [-0.25, -0.2) is 8.42 Å². The lowest BCUT2D eigenvalue weighted by molar-refractivity contribution is -0.149. The molecule has 2 rings (SSSR count). The van der Waals surface area contributed by atoms with Crippen LogP contribution in [-0.2, 0) is 24.3 Å². The molecule has 1 aromatic rings. The maximum atomic E-state index is 12.5. The zero-order valence-electron chi connectivity index (χ0n) is 10.6. The standard InChI is InChI=1S/C11H12N2O5S2/c1-17-11(14)9-7-18-5-4-13(9)20(15,16)10-3-2-8(6-12)19-10/h2-3,9H,4-5,7H2,1H3. The molecule has 2 heterocycles. The van der Waals surface area contributed by atoms with Gasteiger partial charge in [0, 0.05) is 6.54 Å².